The minimum atomic E-state index is -0.253. The Bertz CT molecular complexity index is 1070. The Morgan fingerprint density at radius 2 is 1.70 bits per heavy atom. The van der Waals surface area contributed by atoms with E-state index in [-0.39, 0.29) is 23.6 Å². The average Bonchev–Trinajstić information content (AvgIpc) is 3.42. The van der Waals surface area contributed by atoms with Gasteiger partial charge < -0.3 is 4.90 Å². The third kappa shape index (κ3) is 4.80. The van der Waals surface area contributed by atoms with E-state index in [1.807, 2.05) is 25.1 Å². The molecule has 0 saturated carbocycles. The zero-order valence-corrected chi connectivity index (χ0v) is 19.7. The molecule has 2 aliphatic rings. The van der Waals surface area contributed by atoms with Crippen molar-refractivity contribution in [1.29, 1.82) is 0 Å². The molecule has 1 aromatic heterocycles. The molecule has 3 heterocycles. The fraction of sp³-hybridized carbons (Fsp3) is 0.417. The van der Waals surface area contributed by atoms with Crippen LogP contribution in [0.4, 0.5) is 0 Å². The molecule has 0 radical (unpaired) electrons. The number of hydrogen-bond acceptors (Lipinski definition) is 4. The lowest BCUT2D eigenvalue weighted by molar-refractivity contribution is -0.158. The number of likely N-dealkylation sites (tertiary alicyclic amines) is 1. The van der Waals surface area contributed by atoms with Crippen molar-refractivity contribution in [2.45, 2.75) is 26.2 Å². The lowest BCUT2D eigenvalue weighted by Crippen LogP contribution is -2.49. The first-order chi connectivity index (χ1) is 15.9. The Labute approximate surface area is 198 Å². The van der Waals surface area contributed by atoms with Gasteiger partial charge in [-0.05, 0) is 44.4 Å². The topological polar surface area (TPSA) is 78.8 Å². The summed E-state index contributed by atoms with van der Waals surface area (Å²) in [6.45, 7) is 3.92. The van der Waals surface area contributed by atoms with E-state index in [2.05, 4.69) is 5.10 Å². The van der Waals surface area contributed by atoms with Gasteiger partial charge in [-0.25, -0.2) is 5.01 Å². The molecule has 9 heteroatoms. The standard InChI is InChI=1S/C24H28ClN5O3/c1-17-20(22(25)27(2)26-17)9-10-21(31)29-13-6-14-30(29)24(33)19-11-15-28(16-12-19)23(32)18-7-4-3-5-8-18/h3-5,7-10,19H,6,11-16H2,1-2H3. The molecule has 2 aromatic rings. The number of amides is 3. The second kappa shape index (κ2) is 9.79. The number of nitrogens with zero attached hydrogens (tertiary/aromatic N) is 5. The van der Waals surface area contributed by atoms with Gasteiger partial charge in [0.25, 0.3) is 11.8 Å². The summed E-state index contributed by atoms with van der Waals surface area (Å²) < 4.78 is 1.56. The van der Waals surface area contributed by atoms with Crippen LogP contribution in [0, 0.1) is 12.8 Å². The first kappa shape index (κ1) is 23.0. The Morgan fingerprint density at radius 1 is 1.03 bits per heavy atom. The van der Waals surface area contributed by atoms with E-state index in [9.17, 15) is 14.4 Å². The number of rotatable bonds is 4. The Kier molecular flexibility index (Phi) is 6.83. The Hall–Kier alpha value is -3.13. The summed E-state index contributed by atoms with van der Waals surface area (Å²) in [5.74, 6) is -0.500. The van der Waals surface area contributed by atoms with Gasteiger partial charge in [0.05, 0.1) is 5.69 Å². The van der Waals surface area contributed by atoms with Gasteiger partial charge in [0.15, 0.2) is 0 Å². The van der Waals surface area contributed by atoms with E-state index in [0.717, 1.165) is 12.1 Å². The Morgan fingerprint density at radius 3 is 2.33 bits per heavy atom. The molecule has 0 atom stereocenters. The first-order valence-corrected chi connectivity index (χ1v) is 11.6. The van der Waals surface area contributed by atoms with Crippen LogP contribution in [-0.4, -0.2) is 68.6 Å². The second-order valence-electron chi connectivity index (χ2n) is 8.46. The number of aryl methyl sites for hydroxylation is 2. The lowest BCUT2D eigenvalue weighted by atomic mass is 9.95. The van der Waals surface area contributed by atoms with Gasteiger partial charge in [-0.1, -0.05) is 29.8 Å². The van der Waals surface area contributed by atoms with Crippen LogP contribution >= 0.6 is 11.6 Å². The largest absolute Gasteiger partial charge is 0.339 e. The normalized spacial score (nSPS) is 17.2. The molecule has 3 amide bonds. The van der Waals surface area contributed by atoms with Crippen LogP contribution in [0.2, 0.25) is 5.15 Å². The molecule has 1 aromatic carbocycles. The maximum Gasteiger partial charge on any atom is 0.265 e. The molecule has 0 N–H and O–H groups in total. The number of piperidine rings is 1. The summed E-state index contributed by atoms with van der Waals surface area (Å²) in [6.07, 6.45) is 5.03. The minimum absolute atomic E-state index is 0.00558. The Balaban J connectivity index is 1.36. The summed E-state index contributed by atoms with van der Waals surface area (Å²) in [4.78, 5) is 40.6. The van der Waals surface area contributed by atoms with E-state index in [0.29, 0.717) is 55.3 Å². The third-order valence-corrected chi connectivity index (χ3v) is 6.73. The van der Waals surface area contributed by atoms with Crippen LogP contribution in [0.3, 0.4) is 0 Å². The molecule has 2 aliphatic heterocycles. The zero-order valence-electron chi connectivity index (χ0n) is 18.9. The van der Waals surface area contributed by atoms with Gasteiger partial charge in [0, 0.05) is 56.3 Å². The molecule has 174 valence electrons. The van der Waals surface area contributed by atoms with Crippen LogP contribution in [0.15, 0.2) is 36.4 Å². The van der Waals surface area contributed by atoms with Crippen molar-refractivity contribution in [2.75, 3.05) is 26.2 Å². The fourth-order valence-electron chi connectivity index (χ4n) is 4.45. The predicted molar refractivity (Wildman–Crippen MR) is 125 cm³/mol. The van der Waals surface area contributed by atoms with Gasteiger partial charge >= 0.3 is 0 Å². The molecule has 8 nitrogen and oxygen atoms in total. The number of carbonyl (C=O) groups excluding carboxylic acids is 3. The highest BCUT2D eigenvalue weighted by Crippen LogP contribution is 2.25. The third-order valence-electron chi connectivity index (χ3n) is 6.28. The van der Waals surface area contributed by atoms with Crippen LogP contribution in [0.5, 0.6) is 0 Å². The highest BCUT2D eigenvalue weighted by Gasteiger charge is 2.36. The van der Waals surface area contributed by atoms with Crippen molar-refractivity contribution < 1.29 is 14.4 Å². The summed E-state index contributed by atoms with van der Waals surface area (Å²) in [6, 6.07) is 9.19. The minimum Gasteiger partial charge on any atom is -0.339 e. The van der Waals surface area contributed by atoms with Crippen molar-refractivity contribution in [2.24, 2.45) is 13.0 Å². The molecule has 4 rings (SSSR count). The zero-order chi connectivity index (χ0) is 23.5. The second-order valence-corrected chi connectivity index (χ2v) is 8.81. The number of hydrogen-bond donors (Lipinski definition) is 0. The maximum absolute atomic E-state index is 13.2. The van der Waals surface area contributed by atoms with Crippen molar-refractivity contribution in [3.05, 3.63) is 58.4 Å². The number of aromatic nitrogens is 2. The number of carbonyl (C=O) groups is 3. The molecule has 0 aliphatic carbocycles. The lowest BCUT2D eigenvalue weighted by Gasteiger charge is -2.35. The van der Waals surface area contributed by atoms with Gasteiger partial charge in [-0.2, -0.15) is 5.10 Å². The van der Waals surface area contributed by atoms with Gasteiger partial charge in [-0.3, -0.25) is 24.1 Å². The van der Waals surface area contributed by atoms with E-state index in [1.54, 1.807) is 39.8 Å². The summed E-state index contributed by atoms with van der Waals surface area (Å²) in [5.41, 5.74) is 2.09. The van der Waals surface area contributed by atoms with Gasteiger partial charge in [0.1, 0.15) is 5.15 Å². The molecule has 33 heavy (non-hydrogen) atoms. The van der Waals surface area contributed by atoms with Crippen LogP contribution in [0.1, 0.15) is 40.9 Å². The van der Waals surface area contributed by atoms with Crippen molar-refractivity contribution in [3.63, 3.8) is 0 Å². The quantitative estimate of drug-likeness (QED) is 0.645. The smallest absolute Gasteiger partial charge is 0.265 e. The van der Waals surface area contributed by atoms with E-state index in [4.69, 9.17) is 11.6 Å². The summed E-state index contributed by atoms with van der Waals surface area (Å²) >= 11 is 6.24. The summed E-state index contributed by atoms with van der Waals surface area (Å²) in [5, 5.41) is 7.79. The molecular formula is C24H28ClN5O3. The number of hydrazine groups is 1. The predicted octanol–water partition coefficient (Wildman–Crippen LogP) is 2.92. The number of benzene rings is 1. The molecule has 2 saturated heterocycles. The van der Waals surface area contributed by atoms with Crippen LogP contribution < -0.4 is 0 Å². The molecule has 0 spiro atoms. The highest BCUT2D eigenvalue weighted by molar-refractivity contribution is 6.31. The average molecular weight is 470 g/mol. The molecule has 0 bridgehead atoms. The van der Waals surface area contributed by atoms with Crippen molar-refractivity contribution in [3.8, 4) is 0 Å². The first-order valence-electron chi connectivity index (χ1n) is 11.2. The van der Waals surface area contributed by atoms with Crippen molar-refractivity contribution >= 4 is 35.4 Å². The van der Waals surface area contributed by atoms with Gasteiger partial charge in [0.2, 0.25) is 5.91 Å². The van der Waals surface area contributed by atoms with E-state index < -0.39 is 0 Å². The van der Waals surface area contributed by atoms with Gasteiger partial charge in [-0.15, -0.1) is 0 Å². The van der Waals surface area contributed by atoms with Crippen LogP contribution in [-0.2, 0) is 16.6 Å². The molecular weight excluding hydrogens is 442 g/mol. The number of halogens is 1. The maximum atomic E-state index is 13.2. The molecule has 2 fully saturated rings. The van der Waals surface area contributed by atoms with Crippen LogP contribution in [0.25, 0.3) is 6.08 Å². The van der Waals surface area contributed by atoms with E-state index in [1.165, 1.54) is 11.1 Å². The fourth-order valence-corrected chi connectivity index (χ4v) is 4.69. The molecule has 0 unspecified atom stereocenters. The summed E-state index contributed by atoms with van der Waals surface area (Å²) in [7, 11) is 1.74. The highest BCUT2D eigenvalue weighted by atomic mass is 35.5. The van der Waals surface area contributed by atoms with E-state index >= 15 is 0 Å². The SMILES string of the molecule is Cc1nn(C)c(Cl)c1C=CC(=O)N1CCCN1C(=O)C1CCN(C(=O)c2ccccc2)CC1. The monoisotopic (exact) mass is 469 g/mol. The van der Waals surface area contributed by atoms with Crippen molar-refractivity contribution in [1.82, 2.24) is 24.7 Å².